The lowest BCUT2D eigenvalue weighted by Crippen LogP contribution is -2.43. The molecular weight excluding hydrogens is 193 g/mol. The molecular formula is C11H16FN3. The molecule has 0 unspecified atom stereocenters. The number of hydrogen-bond acceptors (Lipinski definition) is 3. The average molecular weight is 209 g/mol. The van der Waals surface area contributed by atoms with Gasteiger partial charge in [-0.2, -0.15) is 0 Å². The molecule has 4 heteroatoms. The predicted molar refractivity (Wildman–Crippen MR) is 60.6 cm³/mol. The molecule has 3 nitrogen and oxygen atoms in total. The Morgan fingerprint density at radius 3 is 2.67 bits per heavy atom. The van der Waals surface area contributed by atoms with Crippen LogP contribution in [0.4, 0.5) is 15.8 Å². The Bertz CT molecular complexity index is 359. The molecule has 15 heavy (non-hydrogen) atoms. The third kappa shape index (κ3) is 2.04. The van der Waals surface area contributed by atoms with E-state index in [0.29, 0.717) is 11.4 Å². The fraction of sp³-hybridized carbons (Fsp3) is 0.455. The first-order valence-electron chi connectivity index (χ1n) is 5.20. The molecule has 0 spiro atoms. The molecule has 0 aliphatic carbocycles. The first-order chi connectivity index (χ1) is 7.18. The van der Waals surface area contributed by atoms with E-state index in [0.717, 1.165) is 31.7 Å². The fourth-order valence-corrected chi connectivity index (χ4v) is 1.83. The van der Waals surface area contributed by atoms with E-state index in [2.05, 4.69) is 10.2 Å². The van der Waals surface area contributed by atoms with Crippen molar-refractivity contribution in [2.75, 3.05) is 36.8 Å². The van der Waals surface area contributed by atoms with E-state index in [-0.39, 0.29) is 5.82 Å². The van der Waals surface area contributed by atoms with Crippen LogP contribution < -0.4 is 16.0 Å². The summed E-state index contributed by atoms with van der Waals surface area (Å²) < 4.78 is 13.7. The molecule has 1 saturated heterocycles. The van der Waals surface area contributed by atoms with Crippen molar-refractivity contribution in [2.45, 2.75) is 6.92 Å². The molecule has 82 valence electrons. The third-order valence-corrected chi connectivity index (χ3v) is 2.79. The van der Waals surface area contributed by atoms with Crippen molar-refractivity contribution >= 4 is 11.4 Å². The third-order valence-electron chi connectivity index (χ3n) is 2.79. The molecule has 1 aromatic rings. The first-order valence-corrected chi connectivity index (χ1v) is 5.20. The van der Waals surface area contributed by atoms with Crippen LogP contribution in [0.25, 0.3) is 0 Å². The molecule has 1 aliphatic heterocycles. The van der Waals surface area contributed by atoms with E-state index in [1.165, 1.54) is 6.07 Å². The Balaban J connectivity index is 2.30. The highest BCUT2D eigenvalue weighted by molar-refractivity contribution is 5.59. The second kappa shape index (κ2) is 4.06. The number of nitrogens with zero attached hydrogens (tertiary/aromatic N) is 1. The molecule has 0 aromatic heterocycles. The molecule has 1 fully saturated rings. The van der Waals surface area contributed by atoms with Crippen LogP contribution in [0.2, 0.25) is 0 Å². The van der Waals surface area contributed by atoms with Crippen LogP contribution in [-0.2, 0) is 0 Å². The number of nitrogens with two attached hydrogens (primary N) is 1. The Labute approximate surface area is 89.1 Å². The highest BCUT2D eigenvalue weighted by Gasteiger charge is 2.15. The van der Waals surface area contributed by atoms with Crippen LogP contribution in [0.15, 0.2) is 12.1 Å². The van der Waals surface area contributed by atoms with Crippen LogP contribution in [0.5, 0.6) is 0 Å². The van der Waals surface area contributed by atoms with Gasteiger partial charge in [-0.1, -0.05) is 0 Å². The Kier molecular flexibility index (Phi) is 2.77. The Hall–Kier alpha value is -1.29. The zero-order valence-electron chi connectivity index (χ0n) is 8.89. The van der Waals surface area contributed by atoms with Gasteiger partial charge in [-0.05, 0) is 24.6 Å². The van der Waals surface area contributed by atoms with Crippen LogP contribution >= 0.6 is 0 Å². The van der Waals surface area contributed by atoms with Gasteiger partial charge in [-0.25, -0.2) is 4.39 Å². The molecule has 1 aromatic carbocycles. The summed E-state index contributed by atoms with van der Waals surface area (Å²) in [5, 5.41) is 3.24. The molecule has 0 radical (unpaired) electrons. The number of piperazine rings is 1. The number of anilines is 2. The molecule has 1 heterocycles. The van der Waals surface area contributed by atoms with E-state index in [4.69, 9.17) is 5.73 Å². The van der Waals surface area contributed by atoms with Gasteiger partial charge in [0.1, 0.15) is 5.82 Å². The predicted octanol–water partition coefficient (Wildman–Crippen LogP) is 1.13. The maximum atomic E-state index is 13.7. The minimum atomic E-state index is -0.222. The minimum absolute atomic E-state index is 0.222. The minimum Gasteiger partial charge on any atom is -0.398 e. The number of nitrogen functional groups attached to an aromatic ring is 1. The van der Waals surface area contributed by atoms with Gasteiger partial charge in [-0.3, -0.25) is 0 Å². The second-order valence-corrected chi connectivity index (χ2v) is 3.90. The van der Waals surface area contributed by atoms with E-state index in [1.807, 2.05) is 13.0 Å². The molecule has 1 aliphatic rings. The zero-order valence-corrected chi connectivity index (χ0v) is 8.89. The van der Waals surface area contributed by atoms with E-state index in [1.54, 1.807) is 0 Å². The first kappa shape index (κ1) is 10.2. The average Bonchev–Trinajstić information content (AvgIpc) is 2.25. The summed E-state index contributed by atoms with van der Waals surface area (Å²) in [7, 11) is 0. The lowest BCUT2D eigenvalue weighted by atomic mass is 10.1. The van der Waals surface area contributed by atoms with Crippen molar-refractivity contribution in [1.29, 1.82) is 0 Å². The topological polar surface area (TPSA) is 41.3 Å². The van der Waals surface area contributed by atoms with Crippen molar-refractivity contribution in [2.24, 2.45) is 0 Å². The Morgan fingerprint density at radius 2 is 2.00 bits per heavy atom. The van der Waals surface area contributed by atoms with Crippen molar-refractivity contribution in [3.63, 3.8) is 0 Å². The monoisotopic (exact) mass is 209 g/mol. The summed E-state index contributed by atoms with van der Waals surface area (Å²) in [6.45, 7) is 5.41. The van der Waals surface area contributed by atoms with Gasteiger partial charge in [0.15, 0.2) is 0 Å². The highest BCUT2D eigenvalue weighted by Crippen LogP contribution is 2.25. The second-order valence-electron chi connectivity index (χ2n) is 3.90. The normalized spacial score (nSPS) is 16.8. The summed E-state index contributed by atoms with van der Waals surface area (Å²) in [4.78, 5) is 2.05. The number of nitrogens with one attached hydrogen (secondary N) is 1. The van der Waals surface area contributed by atoms with Gasteiger partial charge in [0, 0.05) is 31.9 Å². The quantitative estimate of drug-likeness (QED) is 0.681. The lowest BCUT2D eigenvalue weighted by Gasteiger charge is -2.30. The van der Waals surface area contributed by atoms with E-state index >= 15 is 0 Å². The largest absolute Gasteiger partial charge is 0.398 e. The van der Waals surface area contributed by atoms with Crippen molar-refractivity contribution in [3.05, 3.63) is 23.5 Å². The number of aryl methyl sites for hydroxylation is 1. The molecule has 0 saturated carbocycles. The molecule has 0 amide bonds. The summed E-state index contributed by atoms with van der Waals surface area (Å²) in [5.74, 6) is -0.222. The van der Waals surface area contributed by atoms with Crippen molar-refractivity contribution < 1.29 is 4.39 Å². The van der Waals surface area contributed by atoms with Gasteiger partial charge < -0.3 is 16.0 Å². The number of rotatable bonds is 1. The van der Waals surface area contributed by atoms with Gasteiger partial charge in [0.2, 0.25) is 0 Å². The number of halogens is 1. The van der Waals surface area contributed by atoms with Gasteiger partial charge in [0.25, 0.3) is 0 Å². The Morgan fingerprint density at radius 1 is 1.33 bits per heavy atom. The maximum absolute atomic E-state index is 13.7. The molecule has 0 atom stereocenters. The fourth-order valence-electron chi connectivity index (χ4n) is 1.83. The lowest BCUT2D eigenvalue weighted by molar-refractivity contribution is 0.566. The van der Waals surface area contributed by atoms with Crippen molar-refractivity contribution in [3.8, 4) is 0 Å². The van der Waals surface area contributed by atoms with Crippen LogP contribution in [0.1, 0.15) is 5.56 Å². The van der Waals surface area contributed by atoms with E-state index in [9.17, 15) is 4.39 Å². The summed E-state index contributed by atoms with van der Waals surface area (Å²) in [6.07, 6.45) is 0. The molecule has 0 bridgehead atoms. The SMILES string of the molecule is Cc1cc(N2CCNCC2)c(F)cc1N. The van der Waals surface area contributed by atoms with Crippen LogP contribution in [0.3, 0.4) is 0 Å². The number of hydrogen-bond donors (Lipinski definition) is 2. The number of benzene rings is 1. The summed E-state index contributed by atoms with van der Waals surface area (Å²) >= 11 is 0. The van der Waals surface area contributed by atoms with Crippen LogP contribution in [-0.4, -0.2) is 26.2 Å². The maximum Gasteiger partial charge on any atom is 0.148 e. The molecule has 2 rings (SSSR count). The zero-order chi connectivity index (χ0) is 10.8. The summed E-state index contributed by atoms with van der Waals surface area (Å²) in [5.41, 5.74) is 7.77. The van der Waals surface area contributed by atoms with Gasteiger partial charge in [-0.15, -0.1) is 0 Å². The van der Waals surface area contributed by atoms with Gasteiger partial charge in [0.05, 0.1) is 5.69 Å². The molecule has 3 N–H and O–H groups in total. The van der Waals surface area contributed by atoms with Crippen LogP contribution in [0, 0.1) is 12.7 Å². The summed E-state index contributed by atoms with van der Waals surface area (Å²) in [6, 6.07) is 3.24. The van der Waals surface area contributed by atoms with E-state index < -0.39 is 0 Å². The van der Waals surface area contributed by atoms with Gasteiger partial charge >= 0.3 is 0 Å². The standard InChI is InChI=1S/C11H16FN3/c1-8-6-11(9(12)7-10(8)13)15-4-2-14-3-5-15/h6-7,14H,2-5,13H2,1H3. The smallest absolute Gasteiger partial charge is 0.148 e. The van der Waals surface area contributed by atoms with Crippen molar-refractivity contribution in [1.82, 2.24) is 5.32 Å². The highest BCUT2D eigenvalue weighted by atomic mass is 19.1.